The molecule has 0 saturated carbocycles. The van der Waals surface area contributed by atoms with E-state index in [1.807, 2.05) is 0 Å². The van der Waals surface area contributed by atoms with Crippen molar-refractivity contribution in [3.05, 3.63) is 0 Å². The third-order valence-corrected chi connectivity index (χ3v) is 2.64. The Labute approximate surface area is 112 Å². The molecule has 0 atom stereocenters. The van der Waals surface area contributed by atoms with Gasteiger partial charge in [-0.2, -0.15) is 0 Å². The Hall–Kier alpha value is -1.14. The average molecular weight is 280 g/mol. The number of rotatable bonds is 4. The normalized spacial score (nSPS) is 17.6. The second kappa shape index (κ2) is 7.33. The van der Waals surface area contributed by atoms with Gasteiger partial charge in [-0.15, -0.1) is 12.4 Å². The Balaban J connectivity index is 0.00000289. The summed E-state index contributed by atoms with van der Waals surface area (Å²) in [6.45, 7) is 3.89. The van der Waals surface area contributed by atoms with E-state index in [0.717, 1.165) is 0 Å². The van der Waals surface area contributed by atoms with Crippen LogP contribution < -0.4 is 5.32 Å². The number of carbonyl (C=O) groups is 3. The zero-order valence-corrected chi connectivity index (χ0v) is 11.3. The van der Waals surface area contributed by atoms with E-state index in [0.29, 0.717) is 6.54 Å². The maximum absolute atomic E-state index is 11.9. The lowest BCUT2D eigenvalue weighted by atomic mass is 9.79. The van der Waals surface area contributed by atoms with E-state index in [9.17, 15) is 14.4 Å². The summed E-state index contributed by atoms with van der Waals surface area (Å²) in [5.41, 5.74) is -1.82. The van der Waals surface area contributed by atoms with Crippen LogP contribution in [0.25, 0.3) is 0 Å². The molecule has 0 aromatic carbocycles. The summed E-state index contributed by atoms with van der Waals surface area (Å²) in [4.78, 5) is 35.6. The lowest BCUT2D eigenvalue weighted by Crippen LogP contribution is -2.58. The van der Waals surface area contributed by atoms with Gasteiger partial charge in [-0.1, -0.05) is 0 Å². The molecule has 0 radical (unpaired) electrons. The first-order valence-electron chi connectivity index (χ1n) is 5.68. The molecule has 7 heteroatoms. The summed E-state index contributed by atoms with van der Waals surface area (Å²) in [5, 5.41) is 2.86. The van der Waals surface area contributed by atoms with Gasteiger partial charge in [0.2, 0.25) is 5.41 Å². The Kier molecular flexibility index (Phi) is 6.86. The van der Waals surface area contributed by atoms with E-state index in [1.54, 1.807) is 13.8 Å². The van der Waals surface area contributed by atoms with Crippen LogP contribution in [-0.4, -0.2) is 44.0 Å². The first kappa shape index (κ1) is 16.9. The number of hydrogen-bond acceptors (Lipinski definition) is 6. The number of piperidine rings is 1. The Morgan fingerprint density at radius 2 is 1.72 bits per heavy atom. The van der Waals surface area contributed by atoms with E-state index in [-0.39, 0.29) is 38.6 Å². The largest absolute Gasteiger partial charge is 0.465 e. The number of esters is 2. The number of ketones is 1. The zero-order chi connectivity index (χ0) is 12.9. The maximum Gasteiger partial charge on any atom is 0.332 e. The van der Waals surface area contributed by atoms with Crippen molar-refractivity contribution in [1.82, 2.24) is 5.32 Å². The van der Waals surface area contributed by atoms with Crippen molar-refractivity contribution in [2.45, 2.75) is 20.3 Å². The number of ether oxygens (including phenoxy) is 2. The molecule has 0 bridgehead atoms. The monoisotopic (exact) mass is 279 g/mol. The standard InChI is InChI=1S/C11H17NO5.ClH/c1-3-16-9(14)11(10(15)17-4-2)7-12-6-5-8(11)13;/h12H,3-7H2,1-2H3;1H. The van der Waals surface area contributed by atoms with Crippen LogP contribution in [0.4, 0.5) is 0 Å². The molecule has 1 aliphatic rings. The summed E-state index contributed by atoms with van der Waals surface area (Å²) in [6, 6.07) is 0. The fraction of sp³-hybridized carbons (Fsp3) is 0.727. The topological polar surface area (TPSA) is 81.7 Å². The molecule has 0 aromatic rings. The molecule has 1 fully saturated rings. The van der Waals surface area contributed by atoms with Crippen molar-refractivity contribution < 1.29 is 23.9 Å². The quantitative estimate of drug-likeness (QED) is 0.580. The fourth-order valence-electron chi connectivity index (χ4n) is 1.75. The Bertz CT molecular complexity index is 313. The van der Waals surface area contributed by atoms with Crippen LogP contribution in [0.15, 0.2) is 0 Å². The molecule has 0 aromatic heterocycles. The van der Waals surface area contributed by atoms with Crippen LogP contribution in [0.1, 0.15) is 20.3 Å². The van der Waals surface area contributed by atoms with Gasteiger partial charge in [0, 0.05) is 19.5 Å². The molecule has 0 spiro atoms. The summed E-state index contributed by atoms with van der Waals surface area (Å²) in [6.07, 6.45) is 0.123. The van der Waals surface area contributed by atoms with Crippen molar-refractivity contribution in [3.8, 4) is 0 Å². The van der Waals surface area contributed by atoms with Crippen LogP contribution in [0.5, 0.6) is 0 Å². The average Bonchev–Trinajstić information content (AvgIpc) is 2.30. The third kappa shape index (κ3) is 3.00. The molecule has 6 nitrogen and oxygen atoms in total. The van der Waals surface area contributed by atoms with Crippen LogP contribution >= 0.6 is 12.4 Å². The molecule has 0 amide bonds. The van der Waals surface area contributed by atoms with E-state index in [1.165, 1.54) is 0 Å². The molecule has 1 heterocycles. The first-order valence-corrected chi connectivity index (χ1v) is 5.68. The SMILES string of the molecule is CCOC(=O)C1(C(=O)OCC)CNCCC1=O.Cl. The highest BCUT2D eigenvalue weighted by Crippen LogP contribution is 2.26. The zero-order valence-electron chi connectivity index (χ0n) is 10.5. The summed E-state index contributed by atoms with van der Waals surface area (Å²) in [5.74, 6) is -2.08. The highest BCUT2D eigenvalue weighted by atomic mass is 35.5. The molecular weight excluding hydrogens is 262 g/mol. The molecule has 18 heavy (non-hydrogen) atoms. The van der Waals surface area contributed by atoms with E-state index < -0.39 is 23.1 Å². The van der Waals surface area contributed by atoms with Gasteiger partial charge in [-0.25, -0.2) is 0 Å². The van der Waals surface area contributed by atoms with Crippen molar-refractivity contribution in [2.24, 2.45) is 5.41 Å². The summed E-state index contributed by atoms with van der Waals surface area (Å²) < 4.78 is 9.64. The van der Waals surface area contributed by atoms with E-state index in [2.05, 4.69) is 5.32 Å². The molecular formula is C11H18ClNO5. The minimum Gasteiger partial charge on any atom is -0.465 e. The van der Waals surface area contributed by atoms with Gasteiger partial charge in [0.05, 0.1) is 13.2 Å². The first-order chi connectivity index (χ1) is 8.09. The van der Waals surface area contributed by atoms with Crippen LogP contribution in [0, 0.1) is 5.41 Å². The van der Waals surface area contributed by atoms with Gasteiger partial charge >= 0.3 is 11.9 Å². The lowest BCUT2D eigenvalue weighted by molar-refractivity contribution is -0.175. The van der Waals surface area contributed by atoms with Gasteiger partial charge in [-0.05, 0) is 13.8 Å². The molecule has 1 aliphatic heterocycles. The Morgan fingerprint density at radius 3 is 2.11 bits per heavy atom. The minimum absolute atomic E-state index is 0. The molecule has 0 aliphatic carbocycles. The van der Waals surface area contributed by atoms with Crippen molar-refractivity contribution >= 4 is 30.1 Å². The highest BCUT2D eigenvalue weighted by Gasteiger charge is 2.56. The second-order valence-electron chi connectivity index (χ2n) is 3.70. The molecule has 1 saturated heterocycles. The fourth-order valence-corrected chi connectivity index (χ4v) is 1.75. The number of halogens is 1. The maximum atomic E-state index is 11.9. The number of carbonyl (C=O) groups excluding carboxylic acids is 3. The summed E-state index contributed by atoms with van der Waals surface area (Å²) in [7, 11) is 0. The number of hydrogen-bond donors (Lipinski definition) is 1. The lowest BCUT2D eigenvalue weighted by Gasteiger charge is -2.31. The second-order valence-corrected chi connectivity index (χ2v) is 3.70. The van der Waals surface area contributed by atoms with E-state index in [4.69, 9.17) is 9.47 Å². The number of nitrogens with one attached hydrogen (secondary N) is 1. The molecule has 0 unspecified atom stereocenters. The van der Waals surface area contributed by atoms with Gasteiger partial charge in [0.15, 0.2) is 5.78 Å². The summed E-state index contributed by atoms with van der Waals surface area (Å²) >= 11 is 0. The van der Waals surface area contributed by atoms with Gasteiger partial charge < -0.3 is 14.8 Å². The van der Waals surface area contributed by atoms with Crippen molar-refractivity contribution in [3.63, 3.8) is 0 Å². The van der Waals surface area contributed by atoms with Gasteiger partial charge in [-0.3, -0.25) is 14.4 Å². The van der Waals surface area contributed by atoms with Crippen molar-refractivity contribution in [1.29, 1.82) is 0 Å². The Morgan fingerprint density at radius 1 is 1.22 bits per heavy atom. The van der Waals surface area contributed by atoms with Crippen LogP contribution in [-0.2, 0) is 23.9 Å². The minimum atomic E-state index is -1.82. The molecule has 104 valence electrons. The van der Waals surface area contributed by atoms with Crippen molar-refractivity contribution in [2.75, 3.05) is 26.3 Å². The highest BCUT2D eigenvalue weighted by molar-refractivity contribution is 6.21. The smallest absolute Gasteiger partial charge is 0.332 e. The van der Waals surface area contributed by atoms with Crippen LogP contribution in [0.3, 0.4) is 0 Å². The number of Topliss-reactive ketones (excluding diaryl/α,β-unsaturated/α-hetero) is 1. The predicted octanol–water partition coefficient (Wildman–Crippen LogP) is 0.0832. The predicted molar refractivity (Wildman–Crippen MR) is 65.4 cm³/mol. The van der Waals surface area contributed by atoms with Gasteiger partial charge in [0.25, 0.3) is 0 Å². The van der Waals surface area contributed by atoms with Crippen LogP contribution in [0.2, 0.25) is 0 Å². The third-order valence-electron chi connectivity index (χ3n) is 2.64. The van der Waals surface area contributed by atoms with Gasteiger partial charge in [0.1, 0.15) is 0 Å². The molecule has 1 N–H and O–H groups in total. The molecule has 1 rings (SSSR count). The van der Waals surface area contributed by atoms with E-state index >= 15 is 0 Å².